The number of carboxylic acids is 1. The fourth-order valence-electron chi connectivity index (χ4n) is 1.24. The van der Waals surface area contributed by atoms with Crippen LogP contribution >= 0.6 is 0 Å². The Balaban J connectivity index is 3.84. The van der Waals surface area contributed by atoms with Gasteiger partial charge in [0.2, 0.25) is 0 Å². The Labute approximate surface area is 138 Å². The van der Waals surface area contributed by atoms with Gasteiger partial charge in [-0.3, -0.25) is 0 Å². The minimum atomic E-state index is -0.951. The van der Waals surface area contributed by atoms with E-state index < -0.39 is 5.97 Å². The smallest absolute Gasteiger partial charge is 0.328 e. The van der Waals surface area contributed by atoms with Crippen molar-refractivity contribution < 1.29 is 9.90 Å². The summed E-state index contributed by atoms with van der Waals surface area (Å²) in [6, 6.07) is 0. The molecule has 120 valence electrons. The van der Waals surface area contributed by atoms with Crippen LogP contribution in [0.4, 0.5) is 0 Å². The Bertz CT molecular complexity index is 568. The van der Waals surface area contributed by atoms with Crippen molar-refractivity contribution in [3.8, 4) is 0 Å². The van der Waals surface area contributed by atoms with Gasteiger partial charge in [0.1, 0.15) is 0 Å². The first kappa shape index (κ1) is 19.9. The lowest BCUT2D eigenvalue weighted by Gasteiger charge is -1.79. The van der Waals surface area contributed by atoms with Gasteiger partial charge in [-0.05, 0) is 18.7 Å². The monoisotopic (exact) mass is 309 g/mol. The standard InChI is InChI=1S/C20H23NO2/c21-19-17-15-13-11-9-7-5-3-1-2-4-6-8-10-12-14-16-18-20(22)23/h1-6,8-19H,7,21H2,(H,22,23)/b2-1+,5-3+,6-4+,10-8+,11-9+,14-12+,15-13+,18-16+,19-17+. The van der Waals surface area contributed by atoms with Gasteiger partial charge in [0, 0.05) is 6.08 Å². The van der Waals surface area contributed by atoms with E-state index in [4.69, 9.17) is 10.8 Å². The first-order chi connectivity index (χ1) is 11.3. The van der Waals surface area contributed by atoms with E-state index in [0.717, 1.165) is 12.5 Å². The van der Waals surface area contributed by atoms with Gasteiger partial charge >= 0.3 is 5.97 Å². The summed E-state index contributed by atoms with van der Waals surface area (Å²) in [6.45, 7) is 0. The van der Waals surface area contributed by atoms with E-state index in [1.54, 1.807) is 18.2 Å². The summed E-state index contributed by atoms with van der Waals surface area (Å²) in [7, 11) is 0. The van der Waals surface area contributed by atoms with E-state index in [-0.39, 0.29) is 0 Å². The highest BCUT2D eigenvalue weighted by molar-refractivity contribution is 5.80. The lowest BCUT2D eigenvalue weighted by Crippen LogP contribution is -1.84. The van der Waals surface area contributed by atoms with Crippen molar-refractivity contribution in [1.82, 2.24) is 0 Å². The van der Waals surface area contributed by atoms with Crippen molar-refractivity contribution in [2.45, 2.75) is 6.42 Å². The molecular weight excluding hydrogens is 286 g/mol. The number of hydrogen-bond acceptors (Lipinski definition) is 2. The SMILES string of the molecule is N/C=C/C=C/C=C/C/C=C/C=C/C=C/C=C/C=C/C=C/C(=O)O. The van der Waals surface area contributed by atoms with Crippen LogP contribution < -0.4 is 5.73 Å². The van der Waals surface area contributed by atoms with Crippen LogP contribution in [0.3, 0.4) is 0 Å². The number of hydrogen-bond donors (Lipinski definition) is 2. The molecule has 0 unspecified atom stereocenters. The third-order valence-corrected chi connectivity index (χ3v) is 2.23. The zero-order chi connectivity index (χ0) is 17.0. The van der Waals surface area contributed by atoms with Crippen molar-refractivity contribution in [2.24, 2.45) is 5.73 Å². The summed E-state index contributed by atoms with van der Waals surface area (Å²) in [4.78, 5) is 10.2. The van der Waals surface area contributed by atoms with E-state index in [1.807, 2.05) is 60.8 Å². The van der Waals surface area contributed by atoms with Crippen LogP contribution in [0.25, 0.3) is 0 Å². The minimum absolute atomic E-state index is 0.874. The molecule has 0 aliphatic carbocycles. The minimum Gasteiger partial charge on any atom is -0.478 e. The molecule has 0 radical (unpaired) electrons. The summed E-state index contributed by atoms with van der Waals surface area (Å²) < 4.78 is 0. The molecular formula is C20H23NO2. The fraction of sp³-hybridized carbons (Fsp3) is 0.0500. The van der Waals surface area contributed by atoms with Gasteiger partial charge in [0.25, 0.3) is 0 Å². The van der Waals surface area contributed by atoms with Crippen LogP contribution in [0.5, 0.6) is 0 Å². The fourth-order valence-corrected chi connectivity index (χ4v) is 1.24. The summed E-state index contributed by atoms with van der Waals surface area (Å²) in [5.41, 5.74) is 5.20. The second-order valence-corrected chi connectivity index (χ2v) is 4.10. The predicted octanol–water partition coefficient (Wildman–Crippen LogP) is 4.38. The molecule has 0 atom stereocenters. The molecule has 0 spiro atoms. The van der Waals surface area contributed by atoms with Crippen LogP contribution in [-0.4, -0.2) is 11.1 Å². The largest absolute Gasteiger partial charge is 0.478 e. The van der Waals surface area contributed by atoms with Crippen molar-refractivity contribution in [3.05, 3.63) is 109 Å². The van der Waals surface area contributed by atoms with Gasteiger partial charge in [-0.1, -0.05) is 91.1 Å². The van der Waals surface area contributed by atoms with Crippen molar-refractivity contribution in [3.63, 3.8) is 0 Å². The lowest BCUT2D eigenvalue weighted by atomic mass is 10.3. The topological polar surface area (TPSA) is 63.3 Å². The van der Waals surface area contributed by atoms with Crippen LogP contribution in [0, 0.1) is 0 Å². The molecule has 3 N–H and O–H groups in total. The molecule has 0 heterocycles. The molecule has 0 saturated heterocycles. The number of rotatable bonds is 10. The summed E-state index contributed by atoms with van der Waals surface area (Å²) in [6.07, 6.45) is 33.4. The van der Waals surface area contributed by atoms with Gasteiger partial charge in [0.05, 0.1) is 0 Å². The number of carbonyl (C=O) groups is 1. The molecule has 3 nitrogen and oxygen atoms in total. The maximum Gasteiger partial charge on any atom is 0.328 e. The predicted molar refractivity (Wildman–Crippen MR) is 98.7 cm³/mol. The third kappa shape index (κ3) is 18.9. The molecule has 0 aliphatic rings. The molecule has 0 saturated carbocycles. The number of allylic oxidation sites excluding steroid dienone is 16. The normalized spacial score (nSPS) is 14.1. The van der Waals surface area contributed by atoms with Gasteiger partial charge in [-0.15, -0.1) is 0 Å². The van der Waals surface area contributed by atoms with Crippen LogP contribution in [0.1, 0.15) is 6.42 Å². The number of nitrogens with two attached hydrogens (primary N) is 1. The van der Waals surface area contributed by atoms with Gasteiger partial charge in [-0.2, -0.15) is 0 Å². The molecule has 0 aromatic carbocycles. The van der Waals surface area contributed by atoms with Crippen LogP contribution in [-0.2, 0) is 4.79 Å². The van der Waals surface area contributed by atoms with Crippen LogP contribution in [0.2, 0.25) is 0 Å². The van der Waals surface area contributed by atoms with E-state index in [9.17, 15) is 4.79 Å². The summed E-state index contributed by atoms with van der Waals surface area (Å²) in [5.74, 6) is -0.951. The lowest BCUT2D eigenvalue weighted by molar-refractivity contribution is -0.131. The number of aliphatic carboxylic acids is 1. The number of carboxylic acid groups (broad SMARTS) is 1. The zero-order valence-corrected chi connectivity index (χ0v) is 13.0. The zero-order valence-electron chi connectivity index (χ0n) is 13.0. The highest BCUT2D eigenvalue weighted by Gasteiger charge is 1.79. The Kier molecular flexibility index (Phi) is 14.7. The van der Waals surface area contributed by atoms with Gasteiger partial charge < -0.3 is 10.8 Å². The van der Waals surface area contributed by atoms with E-state index in [1.165, 1.54) is 12.3 Å². The molecule has 0 aromatic heterocycles. The molecule has 0 fully saturated rings. The second kappa shape index (κ2) is 17.0. The molecule has 3 heteroatoms. The van der Waals surface area contributed by atoms with Gasteiger partial charge in [-0.25, -0.2) is 4.79 Å². The Morgan fingerprint density at radius 2 is 1.04 bits per heavy atom. The van der Waals surface area contributed by atoms with E-state index in [2.05, 4.69) is 12.2 Å². The van der Waals surface area contributed by atoms with Gasteiger partial charge in [0.15, 0.2) is 0 Å². The Morgan fingerprint density at radius 1 is 0.652 bits per heavy atom. The van der Waals surface area contributed by atoms with Crippen molar-refractivity contribution in [2.75, 3.05) is 0 Å². The second-order valence-electron chi connectivity index (χ2n) is 4.10. The maximum atomic E-state index is 10.2. The summed E-state index contributed by atoms with van der Waals surface area (Å²) in [5, 5.41) is 8.37. The van der Waals surface area contributed by atoms with E-state index >= 15 is 0 Å². The Morgan fingerprint density at radius 3 is 1.48 bits per heavy atom. The molecule has 0 amide bonds. The molecule has 0 bridgehead atoms. The average Bonchev–Trinajstić information content (AvgIpc) is 2.53. The summed E-state index contributed by atoms with van der Waals surface area (Å²) >= 11 is 0. The first-order valence-electron chi connectivity index (χ1n) is 7.20. The molecule has 23 heavy (non-hydrogen) atoms. The maximum absolute atomic E-state index is 10.2. The van der Waals surface area contributed by atoms with Crippen molar-refractivity contribution in [1.29, 1.82) is 0 Å². The van der Waals surface area contributed by atoms with E-state index in [0.29, 0.717) is 0 Å². The average molecular weight is 309 g/mol. The first-order valence-corrected chi connectivity index (χ1v) is 7.20. The van der Waals surface area contributed by atoms with Crippen molar-refractivity contribution >= 4 is 5.97 Å². The third-order valence-electron chi connectivity index (χ3n) is 2.23. The Hall–Kier alpha value is -3.07. The highest BCUT2D eigenvalue weighted by Crippen LogP contribution is 1.89. The molecule has 0 aliphatic heterocycles. The van der Waals surface area contributed by atoms with Crippen LogP contribution in [0.15, 0.2) is 109 Å². The quantitative estimate of drug-likeness (QED) is 0.465. The highest BCUT2D eigenvalue weighted by atomic mass is 16.4. The molecule has 0 rings (SSSR count). The molecule has 0 aromatic rings.